The quantitative estimate of drug-likeness (QED) is 0.201. The molecule has 1 unspecified atom stereocenters. The van der Waals surface area contributed by atoms with Crippen molar-refractivity contribution in [1.82, 2.24) is 15.2 Å². The Balaban J connectivity index is 1.40. The van der Waals surface area contributed by atoms with Gasteiger partial charge in [0.1, 0.15) is 18.0 Å². The number of alkyl halides is 2. The zero-order valence-corrected chi connectivity index (χ0v) is 20.1. The highest BCUT2D eigenvalue weighted by Gasteiger charge is 2.18. The van der Waals surface area contributed by atoms with Crippen molar-refractivity contribution >= 4 is 17.9 Å². The largest absolute Gasteiger partial charge is 0.485 e. The standard InChI is InChI=1S/C27H25F2N5O4/c28-27(29)38-23-12-11-19(13-24(23)37-17-18-7-3-1-4-8-18)14-31-33-26(36)21-15-32-34(25(21)30)16-22(35)20-9-5-2-6-10-20/h1-15,22,27,35H,16-17,30H2,(H,33,36)/b31-14-. The van der Waals surface area contributed by atoms with Crippen LogP contribution in [-0.4, -0.2) is 33.6 Å². The summed E-state index contributed by atoms with van der Waals surface area (Å²) in [4.78, 5) is 12.6. The lowest BCUT2D eigenvalue weighted by atomic mass is 10.1. The van der Waals surface area contributed by atoms with Crippen LogP contribution in [0.3, 0.4) is 0 Å². The zero-order valence-electron chi connectivity index (χ0n) is 20.1. The molecule has 0 aliphatic rings. The average molecular weight is 522 g/mol. The highest BCUT2D eigenvalue weighted by molar-refractivity contribution is 5.98. The van der Waals surface area contributed by atoms with Gasteiger partial charge in [0.15, 0.2) is 11.5 Å². The molecule has 38 heavy (non-hydrogen) atoms. The molecular formula is C27H25F2N5O4. The van der Waals surface area contributed by atoms with E-state index in [4.69, 9.17) is 10.5 Å². The third-order valence-electron chi connectivity index (χ3n) is 5.46. The van der Waals surface area contributed by atoms with Crippen LogP contribution in [0.1, 0.15) is 33.2 Å². The van der Waals surface area contributed by atoms with E-state index < -0.39 is 18.6 Å². The third-order valence-corrected chi connectivity index (χ3v) is 5.46. The van der Waals surface area contributed by atoms with E-state index in [1.165, 1.54) is 35.3 Å². The van der Waals surface area contributed by atoms with Crippen LogP contribution >= 0.6 is 0 Å². The van der Waals surface area contributed by atoms with Crippen molar-refractivity contribution in [2.45, 2.75) is 25.9 Å². The first kappa shape index (κ1) is 26.3. The van der Waals surface area contributed by atoms with Crippen LogP contribution in [0.4, 0.5) is 14.6 Å². The summed E-state index contributed by atoms with van der Waals surface area (Å²) in [6.07, 6.45) is 1.74. The van der Waals surface area contributed by atoms with Gasteiger partial charge in [-0.25, -0.2) is 10.1 Å². The molecule has 0 aliphatic carbocycles. The number of rotatable bonds is 11. The fourth-order valence-electron chi connectivity index (χ4n) is 3.53. The highest BCUT2D eigenvalue weighted by atomic mass is 19.3. The number of hydrazone groups is 1. The molecule has 0 radical (unpaired) electrons. The van der Waals surface area contributed by atoms with Gasteiger partial charge in [-0.3, -0.25) is 4.79 Å². The lowest BCUT2D eigenvalue weighted by molar-refractivity contribution is -0.0516. The number of nitrogens with one attached hydrogen (secondary N) is 1. The first-order chi connectivity index (χ1) is 18.4. The van der Waals surface area contributed by atoms with Crippen LogP contribution in [0, 0.1) is 0 Å². The summed E-state index contributed by atoms with van der Waals surface area (Å²) < 4.78 is 37.2. The number of amides is 1. The van der Waals surface area contributed by atoms with E-state index in [-0.39, 0.29) is 36.0 Å². The van der Waals surface area contributed by atoms with E-state index in [9.17, 15) is 18.7 Å². The Morgan fingerprint density at radius 3 is 2.50 bits per heavy atom. The van der Waals surface area contributed by atoms with Crippen LogP contribution in [-0.2, 0) is 13.2 Å². The molecule has 1 aromatic heterocycles. The zero-order chi connectivity index (χ0) is 26.9. The Kier molecular flexibility index (Phi) is 8.62. The van der Waals surface area contributed by atoms with Crippen molar-refractivity contribution in [3.63, 3.8) is 0 Å². The summed E-state index contributed by atoms with van der Waals surface area (Å²) in [5.74, 6) is -0.586. The molecule has 0 fully saturated rings. The van der Waals surface area contributed by atoms with Gasteiger partial charge in [0, 0.05) is 0 Å². The van der Waals surface area contributed by atoms with Gasteiger partial charge in [-0.15, -0.1) is 0 Å². The number of aliphatic hydroxyl groups excluding tert-OH is 1. The lowest BCUT2D eigenvalue weighted by Gasteiger charge is -2.13. The minimum atomic E-state index is -3.02. The number of hydrogen-bond acceptors (Lipinski definition) is 7. The number of hydrogen-bond donors (Lipinski definition) is 3. The topological polar surface area (TPSA) is 124 Å². The van der Waals surface area contributed by atoms with Crippen molar-refractivity contribution in [2.75, 3.05) is 5.73 Å². The maximum absolute atomic E-state index is 12.8. The van der Waals surface area contributed by atoms with Crippen molar-refractivity contribution in [3.8, 4) is 11.5 Å². The Morgan fingerprint density at radius 1 is 1.08 bits per heavy atom. The number of nitrogens with two attached hydrogens (primary N) is 1. The van der Waals surface area contributed by atoms with Crippen LogP contribution in [0.25, 0.3) is 0 Å². The number of benzene rings is 3. The second-order valence-corrected chi connectivity index (χ2v) is 8.11. The van der Waals surface area contributed by atoms with Crippen LogP contribution in [0.15, 0.2) is 90.2 Å². The number of aliphatic hydroxyl groups is 1. The molecule has 0 bridgehead atoms. The lowest BCUT2D eigenvalue weighted by Crippen LogP contribution is -2.19. The molecule has 0 saturated carbocycles. The van der Waals surface area contributed by atoms with Gasteiger partial charge in [0.05, 0.1) is 25.1 Å². The first-order valence-electron chi connectivity index (χ1n) is 11.5. The highest BCUT2D eigenvalue weighted by Crippen LogP contribution is 2.30. The van der Waals surface area contributed by atoms with Gasteiger partial charge < -0.3 is 20.3 Å². The molecule has 1 atom stereocenters. The summed E-state index contributed by atoms with van der Waals surface area (Å²) >= 11 is 0. The normalized spacial score (nSPS) is 12.0. The van der Waals surface area contributed by atoms with Gasteiger partial charge in [-0.05, 0) is 34.9 Å². The fourth-order valence-corrected chi connectivity index (χ4v) is 3.53. The Labute approximate surface area is 217 Å². The summed E-state index contributed by atoms with van der Waals surface area (Å²) in [7, 11) is 0. The van der Waals surface area contributed by atoms with Gasteiger partial charge in [-0.2, -0.15) is 19.0 Å². The minimum Gasteiger partial charge on any atom is -0.485 e. The van der Waals surface area contributed by atoms with Crippen LogP contribution in [0.2, 0.25) is 0 Å². The number of halogens is 2. The minimum absolute atomic E-state index is 0.0607. The molecular weight excluding hydrogens is 496 g/mol. The number of carbonyl (C=O) groups is 1. The molecule has 1 heterocycles. The summed E-state index contributed by atoms with van der Waals surface area (Å²) in [5, 5.41) is 18.4. The van der Waals surface area contributed by atoms with E-state index in [1.807, 2.05) is 36.4 Å². The Bertz CT molecular complexity index is 1380. The van der Waals surface area contributed by atoms with Crippen molar-refractivity contribution < 1.29 is 28.2 Å². The summed E-state index contributed by atoms with van der Waals surface area (Å²) in [5.41, 5.74) is 10.5. The third kappa shape index (κ3) is 6.92. The smallest absolute Gasteiger partial charge is 0.387 e. The molecule has 0 spiro atoms. The molecule has 196 valence electrons. The molecule has 9 nitrogen and oxygen atoms in total. The molecule has 3 aromatic carbocycles. The Morgan fingerprint density at radius 2 is 1.79 bits per heavy atom. The predicted octanol–water partition coefficient (Wildman–Crippen LogP) is 4.14. The van der Waals surface area contributed by atoms with Crippen molar-refractivity contribution in [2.24, 2.45) is 5.10 Å². The molecule has 1 amide bonds. The van der Waals surface area contributed by atoms with Gasteiger partial charge in [0.25, 0.3) is 5.91 Å². The maximum Gasteiger partial charge on any atom is 0.387 e. The molecule has 4 rings (SSSR count). The predicted molar refractivity (Wildman–Crippen MR) is 137 cm³/mol. The van der Waals surface area contributed by atoms with Crippen molar-refractivity contribution in [3.05, 3.63) is 107 Å². The summed E-state index contributed by atoms with van der Waals surface area (Å²) in [6, 6.07) is 22.5. The van der Waals surface area contributed by atoms with E-state index in [0.29, 0.717) is 11.1 Å². The monoisotopic (exact) mass is 521 g/mol. The number of nitrogen functional groups attached to an aromatic ring is 1. The molecule has 4 N–H and O–H groups in total. The second-order valence-electron chi connectivity index (χ2n) is 8.11. The van der Waals surface area contributed by atoms with Crippen LogP contribution < -0.4 is 20.6 Å². The molecule has 0 saturated heterocycles. The Hall–Kier alpha value is -4.77. The van der Waals surface area contributed by atoms with Gasteiger partial charge >= 0.3 is 6.61 Å². The number of nitrogens with zero attached hydrogens (tertiary/aromatic N) is 3. The van der Waals surface area contributed by atoms with Gasteiger partial charge in [-0.1, -0.05) is 60.7 Å². The second kappa shape index (κ2) is 12.5. The number of ether oxygens (including phenoxy) is 2. The van der Waals surface area contributed by atoms with E-state index in [2.05, 4.69) is 20.4 Å². The van der Waals surface area contributed by atoms with E-state index >= 15 is 0 Å². The van der Waals surface area contributed by atoms with Crippen molar-refractivity contribution in [1.29, 1.82) is 0 Å². The van der Waals surface area contributed by atoms with Gasteiger partial charge in [0.2, 0.25) is 0 Å². The molecule has 0 aliphatic heterocycles. The first-order valence-corrected chi connectivity index (χ1v) is 11.5. The summed E-state index contributed by atoms with van der Waals surface area (Å²) in [6.45, 7) is -2.82. The van der Waals surface area contributed by atoms with E-state index in [1.54, 1.807) is 24.3 Å². The number of carbonyl (C=O) groups excluding carboxylic acids is 1. The SMILES string of the molecule is Nc1c(C(=O)N/N=C\c2ccc(OC(F)F)c(OCc3ccccc3)c2)cnn1CC(O)c1ccccc1. The fraction of sp³-hybridized carbons (Fsp3) is 0.148. The number of anilines is 1. The number of aromatic nitrogens is 2. The maximum atomic E-state index is 12.8. The molecule has 11 heteroatoms. The average Bonchev–Trinajstić information content (AvgIpc) is 3.29. The van der Waals surface area contributed by atoms with E-state index in [0.717, 1.165) is 5.56 Å². The van der Waals surface area contributed by atoms with Crippen LogP contribution in [0.5, 0.6) is 11.5 Å². The molecule has 4 aromatic rings.